The summed E-state index contributed by atoms with van der Waals surface area (Å²) < 4.78 is 51.2. The first-order valence-corrected chi connectivity index (χ1v) is 21.0. The number of methoxy groups -OCH3 is 1. The van der Waals surface area contributed by atoms with Gasteiger partial charge in [0.25, 0.3) is 15.2 Å². The van der Waals surface area contributed by atoms with Crippen molar-refractivity contribution in [3.8, 4) is 6.01 Å². The molecule has 3 aromatic rings. The molecule has 2 aromatic heterocycles. The largest absolute Gasteiger partial charge is 0.465 e. The van der Waals surface area contributed by atoms with Crippen molar-refractivity contribution in [3.63, 3.8) is 0 Å². The number of hydrogen-bond donors (Lipinski definition) is 2. The molecule has 47 heavy (non-hydrogen) atoms. The number of alkyl carbamates (subject to hydrolysis) is 1. The SMILES string of the molecule is CCOc1nc(SC[C@H](NC(=O)OC(C)(C)C)C(=O)OCC[Si](C)(C)C)cc2nc(S(=O)(=O)Nc3c(Cl)cccc3C(=O)OC)nn12. The summed E-state index contributed by atoms with van der Waals surface area (Å²) in [5.41, 5.74) is -1.07. The summed E-state index contributed by atoms with van der Waals surface area (Å²) in [6.07, 6.45) is -0.794. The molecule has 0 spiro atoms. The van der Waals surface area contributed by atoms with Crippen LogP contribution < -0.4 is 14.8 Å². The second-order valence-electron chi connectivity index (χ2n) is 12.2. The van der Waals surface area contributed by atoms with Crippen LogP contribution in [0.2, 0.25) is 30.7 Å². The van der Waals surface area contributed by atoms with Crippen LogP contribution in [0.4, 0.5) is 10.5 Å². The monoisotopic (exact) mass is 730 g/mol. The first-order valence-electron chi connectivity index (χ1n) is 14.4. The summed E-state index contributed by atoms with van der Waals surface area (Å²) in [6.45, 7) is 13.6. The van der Waals surface area contributed by atoms with Gasteiger partial charge in [-0.15, -0.1) is 16.9 Å². The maximum absolute atomic E-state index is 13.4. The van der Waals surface area contributed by atoms with Crippen molar-refractivity contribution in [2.24, 2.45) is 0 Å². The number of hydrogen-bond acceptors (Lipinski definition) is 13. The fourth-order valence-electron chi connectivity index (χ4n) is 3.67. The first kappa shape index (κ1) is 37.8. The van der Waals surface area contributed by atoms with Crippen molar-refractivity contribution >= 4 is 70.8 Å². The molecule has 2 N–H and O–H groups in total. The number of rotatable bonds is 14. The molecule has 0 unspecified atom stereocenters. The lowest BCUT2D eigenvalue weighted by Crippen LogP contribution is -2.46. The number of aromatic nitrogens is 4. The van der Waals surface area contributed by atoms with Crippen molar-refractivity contribution in [2.75, 3.05) is 30.8 Å². The van der Waals surface area contributed by atoms with Gasteiger partial charge in [-0.25, -0.2) is 14.4 Å². The van der Waals surface area contributed by atoms with E-state index in [-0.39, 0.29) is 51.9 Å². The van der Waals surface area contributed by atoms with Gasteiger partial charge in [-0.3, -0.25) is 4.72 Å². The molecule has 1 amide bonds. The van der Waals surface area contributed by atoms with E-state index in [2.05, 4.69) is 44.7 Å². The van der Waals surface area contributed by atoms with Crippen LogP contribution in [0, 0.1) is 0 Å². The van der Waals surface area contributed by atoms with Crippen LogP contribution in [-0.4, -0.2) is 91.8 Å². The highest BCUT2D eigenvalue weighted by Gasteiger charge is 2.29. The van der Waals surface area contributed by atoms with Gasteiger partial charge in [-0.1, -0.05) is 37.3 Å². The molecule has 1 atom stereocenters. The van der Waals surface area contributed by atoms with Gasteiger partial charge in [0.05, 0.1) is 36.6 Å². The third-order valence-electron chi connectivity index (χ3n) is 5.89. The molecular weight excluding hydrogens is 692 g/mol. The van der Waals surface area contributed by atoms with Crippen molar-refractivity contribution in [1.29, 1.82) is 0 Å². The standard InChI is InChI=1S/C28H39ClN6O9S2Si/c1-9-42-26-32-21(45-16-19(30-27(38)44-28(2,3)4)24(37)43-13-14-47(6,7)8)15-20-31-25(33-35(20)26)46(39,40)34-22-17(23(36)41-5)11-10-12-18(22)29/h10-12,15,19,34H,9,13-14,16H2,1-8H3,(H,30,38)/t19-/m0/s1. The van der Waals surface area contributed by atoms with Gasteiger partial charge in [0.2, 0.25) is 0 Å². The zero-order chi connectivity index (χ0) is 35.2. The molecule has 0 saturated carbocycles. The van der Waals surface area contributed by atoms with E-state index < -0.39 is 52.9 Å². The summed E-state index contributed by atoms with van der Waals surface area (Å²) >= 11 is 7.28. The second-order valence-corrected chi connectivity index (χ2v) is 20.9. The van der Waals surface area contributed by atoms with Crippen LogP contribution in [0.5, 0.6) is 6.01 Å². The Morgan fingerprint density at radius 2 is 1.85 bits per heavy atom. The zero-order valence-electron chi connectivity index (χ0n) is 27.4. The number of nitrogens with one attached hydrogen (secondary N) is 2. The lowest BCUT2D eigenvalue weighted by Gasteiger charge is -2.23. The molecule has 0 aliphatic carbocycles. The van der Waals surface area contributed by atoms with E-state index in [1.54, 1.807) is 27.7 Å². The summed E-state index contributed by atoms with van der Waals surface area (Å²) in [6, 6.07) is 5.22. The Balaban J connectivity index is 1.91. The summed E-state index contributed by atoms with van der Waals surface area (Å²) in [5, 5.41) is 6.21. The highest BCUT2D eigenvalue weighted by atomic mass is 35.5. The summed E-state index contributed by atoms with van der Waals surface area (Å²) in [5.74, 6) is -1.46. The molecule has 0 radical (unpaired) electrons. The van der Waals surface area contributed by atoms with E-state index >= 15 is 0 Å². The van der Waals surface area contributed by atoms with E-state index in [1.807, 2.05) is 0 Å². The molecule has 0 aliphatic rings. The van der Waals surface area contributed by atoms with Crippen molar-refractivity contribution in [3.05, 3.63) is 34.9 Å². The van der Waals surface area contributed by atoms with Gasteiger partial charge in [0.1, 0.15) is 16.7 Å². The highest BCUT2D eigenvalue weighted by Crippen LogP contribution is 2.29. The quantitative estimate of drug-likeness (QED) is 0.0769. The zero-order valence-corrected chi connectivity index (χ0v) is 30.8. The Morgan fingerprint density at radius 1 is 1.15 bits per heavy atom. The van der Waals surface area contributed by atoms with Crippen LogP contribution >= 0.6 is 23.4 Å². The second kappa shape index (κ2) is 15.5. The number of halogens is 1. The van der Waals surface area contributed by atoms with E-state index in [0.29, 0.717) is 0 Å². The summed E-state index contributed by atoms with van der Waals surface area (Å²) in [4.78, 5) is 46.4. The number of ether oxygens (including phenoxy) is 4. The van der Waals surface area contributed by atoms with E-state index in [4.69, 9.17) is 30.5 Å². The Morgan fingerprint density at radius 3 is 2.47 bits per heavy atom. The smallest absolute Gasteiger partial charge is 0.408 e. The van der Waals surface area contributed by atoms with Crippen molar-refractivity contribution in [1.82, 2.24) is 24.9 Å². The number of esters is 2. The molecule has 258 valence electrons. The molecule has 3 rings (SSSR count). The van der Waals surface area contributed by atoms with Crippen LogP contribution in [0.3, 0.4) is 0 Å². The number of carbonyl (C=O) groups is 3. The molecule has 1 aromatic carbocycles. The van der Waals surface area contributed by atoms with Crippen LogP contribution in [0.15, 0.2) is 34.4 Å². The van der Waals surface area contributed by atoms with Gasteiger partial charge in [0, 0.05) is 19.9 Å². The number of anilines is 1. The van der Waals surface area contributed by atoms with Crippen molar-refractivity contribution in [2.45, 2.75) is 75.2 Å². The molecule has 0 fully saturated rings. The maximum Gasteiger partial charge on any atom is 0.408 e. The predicted octanol–water partition coefficient (Wildman–Crippen LogP) is 4.63. The third kappa shape index (κ3) is 11.0. The Labute approximate surface area is 283 Å². The van der Waals surface area contributed by atoms with E-state index in [0.717, 1.165) is 29.4 Å². The lowest BCUT2D eigenvalue weighted by atomic mass is 10.2. The molecule has 0 saturated heterocycles. The number of sulfonamides is 1. The van der Waals surface area contributed by atoms with Gasteiger partial charge in [-0.05, 0) is 45.9 Å². The first-order chi connectivity index (χ1) is 21.8. The minimum absolute atomic E-state index is 0.0105. The van der Waals surface area contributed by atoms with Crippen LogP contribution in [0.1, 0.15) is 38.1 Å². The normalized spacial score (nSPS) is 12.7. The Bertz CT molecular complexity index is 1730. The molecule has 19 heteroatoms. The van der Waals surface area contributed by atoms with Crippen LogP contribution in [-0.2, 0) is 29.0 Å². The predicted molar refractivity (Wildman–Crippen MR) is 179 cm³/mol. The number of nitrogens with zero attached hydrogens (tertiary/aromatic N) is 4. The van der Waals surface area contributed by atoms with Crippen molar-refractivity contribution < 1.29 is 41.7 Å². The Hall–Kier alpha value is -3.61. The van der Waals surface area contributed by atoms with E-state index in [1.165, 1.54) is 24.3 Å². The van der Waals surface area contributed by atoms with E-state index in [9.17, 15) is 22.8 Å². The molecule has 0 aliphatic heterocycles. The molecule has 0 bridgehead atoms. The highest BCUT2D eigenvalue weighted by molar-refractivity contribution is 7.99. The minimum Gasteiger partial charge on any atom is -0.465 e. The number of fused-ring (bicyclic) bond motifs is 1. The topological polar surface area (TPSA) is 189 Å². The van der Waals surface area contributed by atoms with Gasteiger partial charge >= 0.3 is 24.0 Å². The molecular formula is C28H39ClN6O9S2Si. The number of thioether (sulfide) groups is 1. The lowest BCUT2D eigenvalue weighted by molar-refractivity contribution is -0.145. The van der Waals surface area contributed by atoms with Gasteiger partial charge in [0.15, 0.2) is 5.65 Å². The average molecular weight is 731 g/mol. The number of carbonyl (C=O) groups excluding carboxylic acids is 3. The fraction of sp³-hybridized carbons (Fsp3) is 0.500. The third-order valence-corrected chi connectivity index (χ3v) is 10.0. The number of para-hydroxylation sites is 1. The minimum atomic E-state index is -4.49. The molecule has 15 nitrogen and oxygen atoms in total. The van der Waals surface area contributed by atoms with Gasteiger partial charge < -0.3 is 24.3 Å². The summed E-state index contributed by atoms with van der Waals surface area (Å²) in [7, 11) is -4.83. The average Bonchev–Trinajstić information content (AvgIpc) is 3.40. The number of benzene rings is 1. The Kier molecular flexibility index (Phi) is 12.5. The number of amides is 1. The molecule has 2 heterocycles. The maximum atomic E-state index is 13.4. The van der Waals surface area contributed by atoms with Crippen LogP contribution in [0.25, 0.3) is 5.65 Å². The fourth-order valence-corrected chi connectivity index (χ4v) is 6.53. The van der Waals surface area contributed by atoms with Gasteiger partial charge in [-0.2, -0.15) is 22.9 Å².